The van der Waals surface area contributed by atoms with E-state index in [2.05, 4.69) is 22.2 Å². The molecule has 2 amide bonds. The summed E-state index contributed by atoms with van der Waals surface area (Å²) < 4.78 is 19.7. The normalized spacial score (nSPS) is 18.2. The fourth-order valence-electron chi connectivity index (χ4n) is 6.03. The third kappa shape index (κ3) is 6.95. The number of carbonyl (C=O) groups is 2. The fourth-order valence-corrected chi connectivity index (χ4v) is 6.31. The lowest BCUT2D eigenvalue weighted by molar-refractivity contribution is 0.0783. The lowest BCUT2D eigenvalue weighted by Gasteiger charge is -2.18. The number of benzene rings is 3. The number of anilines is 1. The largest absolute Gasteiger partial charge is 0.493 e. The maximum absolute atomic E-state index is 13.4. The Kier molecular flexibility index (Phi) is 9.00. The van der Waals surface area contributed by atoms with Gasteiger partial charge in [0.1, 0.15) is 17.4 Å². The summed E-state index contributed by atoms with van der Waals surface area (Å²) in [6, 6.07) is 20.5. The fraction of sp³-hybridized carbons (Fsp3) is 0.286. The molecule has 3 aromatic carbocycles. The molecule has 2 aliphatic rings. The van der Waals surface area contributed by atoms with Crippen LogP contribution >= 0.6 is 11.6 Å². The van der Waals surface area contributed by atoms with Crippen molar-refractivity contribution in [1.29, 1.82) is 0 Å². The molecular weight excluding hydrogens is 593 g/mol. The molecule has 10 heteroatoms. The van der Waals surface area contributed by atoms with Gasteiger partial charge in [-0.2, -0.15) is 0 Å². The molecule has 232 valence electrons. The maximum atomic E-state index is 13.4. The maximum Gasteiger partial charge on any atom is 0.255 e. The van der Waals surface area contributed by atoms with Crippen LogP contribution in [0.15, 0.2) is 79.0 Å². The second kappa shape index (κ2) is 13.3. The number of rotatable bonds is 8. The van der Waals surface area contributed by atoms with Crippen LogP contribution in [0.25, 0.3) is 22.3 Å². The molecule has 6 rings (SSSR count). The van der Waals surface area contributed by atoms with Gasteiger partial charge in [-0.15, -0.1) is 0 Å². The van der Waals surface area contributed by atoms with Crippen LogP contribution in [0.1, 0.15) is 33.6 Å². The van der Waals surface area contributed by atoms with Crippen LogP contribution < -0.4 is 15.8 Å². The van der Waals surface area contributed by atoms with E-state index < -0.39 is 5.82 Å². The lowest BCUT2D eigenvalue weighted by Crippen LogP contribution is -2.38. The van der Waals surface area contributed by atoms with E-state index in [0.717, 1.165) is 42.0 Å². The van der Waals surface area contributed by atoms with E-state index >= 15 is 0 Å². The molecule has 0 saturated carbocycles. The number of hydrogen-bond acceptors (Lipinski definition) is 6. The van der Waals surface area contributed by atoms with Crippen LogP contribution in [0.3, 0.4) is 0 Å². The number of aromatic nitrogens is 1. The van der Waals surface area contributed by atoms with E-state index in [1.807, 2.05) is 24.3 Å². The van der Waals surface area contributed by atoms with Crippen LogP contribution in [0.2, 0.25) is 5.02 Å². The molecule has 4 aromatic rings. The first-order chi connectivity index (χ1) is 21.7. The van der Waals surface area contributed by atoms with Gasteiger partial charge in [0.2, 0.25) is 0 Å². The molecule has 8 nitrogen and oxygen atoms in total. The quantitative estimate of drug-likeness (QED) is 0.257. The Morgan fingerprint density at radius 3 is 2.56 bits per heavy atom. The number of ether oxygens (including phenoxy) is 1. The summed E-state index contributed by atoms with van der Waals surface area (Å²) in [5, 5.41) is 3.34. The second-order valence-corrected chi connectivity index (χ2v) is 12.2. The highest BCUT2D eigenvalue weighted by Gasteiger charge is 2.29. The first-order valence-electron chi connectivity index (χ1n) is 15.1. The smallest absolute Gasteiger partial charge is 0.255 e. The number of nitrogens with one attached hydrogen (secondary N) is 1. The van der Waals surface area contributed by atoms with Gasteiger partial charge in [0.25, 0.3) is 11.8 Å². The molecule has 2 atom stereocenters. The molecule has 45 heavy (non-hydrogen) atoms. The predicted molar refractivity (Wildman–Crippen MR) is 174 cm³/mol. The Morgan fingerprint density at radius 1 is 1.00 bits per heavy atom. The molecule has 0 bridgehead atoms. The Bertz CT molecular complexity index is 1720. The standard InChI is InChI=1S/C35H35ClFN5O3/c1-41-14-12-22(19-41)21-45-32-5-3-2-4-29(32)25-16-30(33(38)39-18-25)34(43)40-27-13-15-42(20-27)35(44)24-8-6-23(7-9-24)28-11-10-26(37)17-31(28)36/h2-11,16-18,22,27H,12-15,19-21H2,1H3,(H2,38,39)(H,40,43)/t22?,27-/m1/s1. The first kappa shape index (κ1) is 30.6. The number of likely N-dealkylation sites (tertiary alicyclic amines) is 2. The van der Waals surface area contributed by atoms with Crippen molar-refractivity contribution in [1.82, 2.24) is 20.1 Å². The van der Waals surface area contributed by atoms with Gasteiger partial charge in [-0.1, -0.05) is 41.9 Å². The van der Waals surface area contributed by atoms with Crippen molar-refractivity contribution in [3.8, 4) is 28.0 Å². The number of para-hydroxylation sites is 1. The SMILES string of the molecule is CN1CCC(COc2ccccc2-c2cnc(N)c(C(=O)N[C@@H]3CCN(C(=O)c4ccc(-c5ccc(F)cc5Cl)cc4)C3)c2)C1. The first-order valence-corrected chi connectivity index (χ1v) is 15.4. The van der Waals surface area contributed by atoms with E-state index in [1.165, 1.54) is 12.1 Å². The van der Waals surface area contributed by atoms with Crippen molar-refractivity contribution in [3.63, 3.8) is 0 Å². The van der Waals surface area contributed by atoms with Gasteiger partial charge in [-0.25, -0.2) is 9.37 Å². The summed E-state index contributed by atoms with van der Waals surface area (Å²) in [5.74, 6) is 0.476. The second-order valence-electron chi connectivity index (χ2n) is 11.8. The zero-order valence-electron chi connectivity index (χ0n) is 25.0. The highest BCUT2D eigenvalue weighted by molar-refractivity contribution is 6.33. The van der Waals surface area contributed by atoms with Gasteiger partial charge in [-0.3, -0.25) is 9.59 Å². The minimum atomic E-state index is -0.406. The summed E-state index contributed by atoms with van der Waals surface area (Å²) in [6.45, 7) is 3.59. The van der Waals surface area contributed by atoms with Crippen molar-refractivity contribution in [2.24, 2.45) is 5.92 Å². The Morgan fingerprint density at radius 2 is 1.80 bits per heavy atom. The third-order valence-electron chi connectivity index (χ3n) is 8.51. The number of halogens is 2. The number of nitrogens with two attached hydrogens (primary N) is 1. The number of pyridine rings is 1. The Balaban J connectivity index is 1.09. The molecule has 2 fully saturated rings. The highest BCUT2D eigenvalue weighted by Crippen LogP contribution is 2.32. The number of carbonyl (C=O) groups excluding carboxylic acids is 2. The van der Waals surface area contributed by atoms with E-state index in [9.17, 15) is 14.0 Å². The summed E-state index contributed by atoms with van der Waals surface area (Å²) in [4.78, 5) is 35.0. The topological polar surface area (TPSA) is 101 Å². The highest BCUT2D eigenvalue weighted by atomic mass is 35.5. The Hall–Kier alpha value is -4.47. The molecule has 0 aliphatic carbocycles. The van der Waals surface area contributed by atoms with Crippen molar-refractivity contribution >= 4 is 29.2 Å². The minimum absolute atomic E-state index is 0.132. The molecule has 2 aliphatic heterocycles. The van der Waals surface area contributed by atoms with Crippen LogP contribution in [0.5, 0.6) is 5.75 Å². The summed E-state index contributed by atoms with van der Waals surface area (Å²) in [6.07, 6.45) is 3.37. The Labute approximate surface area is 267 Å². The molecule has 3 heterocycles. The van der Waals surface area contributed by atoms with Crippen LogP contribution in [-0.4, -0.2) is 72.5 Å². The summed E-state index contributed by atoms with van der Waals surface area (Å²) in [5.41, 5.74) is 10.0. The minimum Gasteiger partial charge on any atom is -0.493 e. The predicted octanol–water partition coefficient (Wildman–Crippen LogP) is 5.77. The zero-order chi connectivity index (χ0) is 31.5. The van der Waals surface area contributed by atoms with Gasteiger partial charge in [0, 0.05) is 60.0 Å². The van der Waals surface area contributed by atoms with E-state index in [-0.39, 0.29) is 29.2 Å². The summed E-state index contributed by atoms with van der Waals surface area (Å²) in [7, 11) is 2.12. The summed E-state index contributed by atoms with van der Waals surface area (Å²) >= 11 is 6.20. The number of amides is 2. The monoisotopic (exact) mass is 627 g/mol. The molecule has 0 spiro atoms. The van der Waals surface area contributed by atoms with E-state index in [1.54, 1.807) is 47.5 Å². The molecule has 0 radical (unpaired) electrons. The molecular formula is C35H35ClFN5O3. The van der Waals surface area contributed by atoms with Crippen LogP contribution in [0.4, 0.5) is 10.2 Å². The van der Waals surface area contributed by atoms with Crippen molar-refractivity contribution in [2.45, 2.75) is 18.9 Å². The van der Waals surface area contributed by atoms with Crippen molar-refractivity contribution in [3.05, 3.63) is 101 Å². The van der Waals surface area contributed by atoms with Gasteiger partial charge in [0.15, 0.2) is 0 Å². The van der Waals surface area contributed by atoms with Crippen LogP contribution in [-0.2, 0) is 0 Å². The van der Waals surface area contributed by atoms with Gasteiger partial charge in [-0.05, 0) is 74.5 Å². The van der Waals surface area contributed by atoms with Crippen molar-refractivity contribution in [2.75, 3.05) is 45.6 Å². The average molecular weight is 628 g/mol. The average Bonchev–Trinajstić information content (AvgIpc) is 3.69. The zero-order valence-corrected chi connectivity index (χ0v) is 25.8. The van der Waals surface area contributed by atoms with Crippen molar-refractivity contribution < 1.29 is 18.7 Å². The number of hydrogen-bond donors (Lipinski definition) is 2. The number of nitrogen functional groups attached to an aromatic ring is 1. The molecule has 1 unspecified atom stereocenters. The molecule has 3 N–H and O–H groups in total. The number of nitrogens with zero attached hydrogens (tertiary/aromatic N) is 3. The van der Waals surface area contributed by atoms with E-state index in [4.69, 9.17) is 22.1 Å². The third-order valence-corrected chi connectivity index (χ3v) is 8.82. The van der Waals surface area contributed by atoms with E-state index in [0.29, 0.717) is 48.2 Å². The van der Waals surface area contributed by atoms with Gasteiger partial charge >= 0.3 is 0 Å². The van der Waals surface area contributed by atoms with Crippen LogP contribution in [0, 0.1) is 11.7 Å². The lowest BCUT2D eigenvalue weighted by atomic mass is 10.0. The molecule has 2 saturated heterocycles. The van der Waals surface area contributed by atoms with Gasteiger partial charge in [0.05, 0.1) is 17.2 Å². The van der Waals surface area contributed by atoms with Gasteiger partial charge < -0.3 is 25.6 Å². The molecule has 1 aromatic heterocycles.